The molecule has 31 heavy (non-hydrogen) atoms. The monoisotopic (exact) mass is 453 g/mol. The first-order valence-corrected chi connectivity index (χ1v) is 12.1. The zero-order valence-corrected chi connectivity index (χ0v) is 19.6. The highest BCUT2D eigenvalue weighted by atomic mass is 32.2. The number of carbonyl (C=O) groups excluding carboxylic acids is 2. The molecule has 3 rings (SSSR count). The van der Waals surface area contributed by atoms with E-state index in [4.69, 9.17) is 0 Å². The predicted octanol–water partition coefficient (Wildman–Crippen LogP) is 5.66. The fraction of sp³-hybridized carbons (Fsp3) is 0.292. The minimum absolute atomic E-state index is 0.00458. The number of nitrogens with one attached hydrogen (secondary N) is 2. The van der Waals surface area contributed by atoms with Gasteiger partial charge in [-0.15, -0.1) is 23.1 Å². The smallest absolute Gasteiger partial charge is 0.252 e. The Morgan fingerprint density at radius 1 is 1.16 bits per heavy atom. The van der Waals surface area contributed by atoms with Crippen LogP contribution in [0.4, 0.5) is 5.69 Å². The number of amides is 2. The minimum atomic E-state index is -0.119. The molecule has 0 aliphatic carbocycles. The van der Waals surface area contributed by atoms with Gasteiger partial charge in [0.1, 0.15) is 0 Å². The maximum Gasteiger partial charge on any atom is 0.252 e. The fourth-order valence-electron chi connectivity index (χ4n) is 2.89. The van der Waals surface area contributed by atoms with Crippen molar-refractivity contribution in [1.29, 1.82) is 0 Å². The summed E-state index contributed by atoms with van der Waals surface area (Å²) in [6, 6.07) is 15.2. The van der Waals surface area contributed by atoms with E-state index in [1.54, 1.807) is 23.1 Å². The molecule has 0 fully saturated rings. The van der Waals surface area contributed by atoms with Gasteiger partial charge in [-0.3, -0.25) is 9.59 Å². The molecular weight excluding hydrogens is 426 g/mol. The molecule has 162 valence electrons. The maximum atomic E-state index is 12.8. The van der Waals surface area contributed by atoms with Crippen LogP contribution in [0, 0.1) is 12.8 Å². The SMILES string of the molecule is CCC(C)C(=O)Nc1cccc(CNC(=O)c2ccccc2SCc2csc(C)n2)c1. The van der Waals surface area contributed by atoms with Gasteiger partial charge in [0.15, 0.2) is 0 Å². The van der Waals surface area contributed by atoms with Crippen molar-refractivity contribution >= 4 is 40.6 Å². The van der Waals surface area contributed by atoms with E-state index in [0.29, 0.717) is 12.1 Å². The van der Waals surface area contributed by atoms with Crippen LogP contribution in [-0.2, 0) is 17.1 Å². The number of anilines is 1. The van der Waals surface area contributed by atoms with Gasteiger partial charge in [-0.25, -0.2) is 4.98 Å². The second kappa shape index (κ2) is 11.1. The number of hydrogen-bond donors (Lipinski definition) is 2. The Labute approximate surface area is 191 Å². The summed E-state index contributed by atoms with van der Waals surface area (Å²) < 4.78 is 0. The number of aryl methyl sites for hydroxylation is 1. The maximum absolute atomic E-state index is 12.8. The highest BCUT2D eigenvalue weighted by molar-refractivity contribution is 7.98. The largest absolute Gasteiger partial charge is 0.348 e. The lowest BCUT2D eigenvalue weighted by molar-refractivity contribution is -0.119. The molecule has 1 unspecified atom stereocenters. The van der Waals surface area contributed by atoms with E-state index < -0.39 is 0 Å². The van der Waals surface area contributed by atoms with Crippen LogP contribution in [0.5, 0.6) is 0 Å². The van der Waals surface area contributed by atoms with Gasteiger partial charge in [-0.2, -0.15) is 0 Å². The van der Waals surface area contributed by atoms with E-state index >= 15 is 0 Å². The summed E-state index contributed by atoms with van der Waals surface area (Å²) in [6.45, 7) is 6.27. The average Bonchev–Trinajstić information content (AvgIpc) is 3.21. The van der Waals surface area contributed by atoms with Crippen LogP contribution >= 0.6 is 23.1 Å². The van der Waals surface area contributed by atoms with Crippen LogP contribution in [0.1, 0.15) is 46.9 Å². The van der Waals surface area contributed by atoms with Crippen LogP contribution in [0.2, 0.25) is 0 Å². The van der Waals surface area contributed by atoms with Crippen molar-refractivity contribution in [2.45, 2.75) is 44.4 Å². The Bertz CT molecular complexity index is 1050. The van der Waals surface area contributed by atoms with E-state index in [0.717, 1.165) is 39.0 Å². The van der Waals surface area contributed by atoms with Crippen LogP contribution in [-0.4, -0.2) is 16.8 Å². The van der Waals surface area contributed by atoms with Gasteiger partial charge in [0, 0.05) is 34.2 Å². The van der Waals surface area contributed by atoms with Crippen molar-refractivity contribution in [1.82, 2.24) is 10.3 Å². The summed E-state index contributed by atoms with van der Waals surface area (Å²) in [5.41, 5.74) is 3.35. The van der Waals surface area contributed by atoms with Crippen LogP contribution in [0.25, 0.3) is 0 Å². The molecule has 0 radical (unpaired) electrons. The number of nitrogens with zero attached hydrogens (tertiary/aromatic N) is 1. The zero-order valence-electron chi connectivity index (χ0n) is 18.0. The van der Waals surface area contributed by atoms with Gasteiger partial charge in [0.2, 0.25) is 5.91 Å². The van der Waals surface area contributed by atoms with Crippen LogP contribution < -0.4 is 10.6 Å². The first-order chi connectivity index (χ1) is 15.0. The molecule has 0 aliphatic rings. The van der Waals surface area contributed by atoms with Crippen molar-refractivity contribution in [3.05, 3.63) is 75.7 Å². The first-order valence-electron chi connectivity index (χ1n) is 10.3. The van der Waals surface area contributed by atoms with E-state index in [2.05, 4.69) is 21.0 Å². The summed E-state index contributed by atoms with van der Waals surface area (Å²) in [5, 5.41) is 9.03. The minimum Gasteiger partial charge on any atom is -0.348 e. The van der Waals surface area contributed by atoms with Crippen LogP contribution in [0.15, 0.2) is 58.8 Å². The topological polar surface area (TPSA) is 71.1 Å². The molecule has 7 heteroatoms. The average molecular weight is 454 g/mol. The summed E-state index contributed by atoms with van der Waals surface area (Å²) in [7, 11) is 0. The molecule has 2 aromatic carbocycles. The number of aromatic nitrogens is 1. The number of carbonyl (C=O) groups is 2. The molecule has 0 saturated heterocycles. The molecular formula is C24H27N3O2S2. The molecule has 5 nitrogen and oxygen atoms in total. The second-order valence-corrected chi connectivity index (χ2v) is 9.40. The summed E-state index contributed by atoms with van der Waals surface area (Å²) >= 11 is 3.25. The Kier molecular flexibility index (Phi) is 8.26. The summed E-state index contributed by atoms with van der Waals surface area (Å²) in [4.78, 5) is 30.4. The lowest BCUT2D eigenvalue weighted by atomic mass is 10.1. The van der Waals surface area contributed by atoms with E-state index in [-0.39, 0.29) is 17.7 Å². The molecule has 1 atom stereocenters. The zero-order chi connectivity index (χ0) is 22.2. The van der Waals surface area contributed by atoms with Crippen LogP contribution in [0.3, 0.4) is 0 Å². The van der Waals surface area contributed by atoms with Crippen molar-refractivity contribution in [2.24, 2.45) is 5.92 Å². The quantitative estimate of drug-likeness (QED) is 0.410. The Balaban J connectivity index is 1.61. The van der Waals surface area contributed by atoms with Gasteiger partial charge >= 0.3 is 0 Å². The van der Waals surface area contributed by atoms with E-state index in [1.807, 2.05) is 69.3 Å². The third-order valence-electron chi connectivity index (χ3n) is 4.88. The molecule has 3 aromatic rings. The van der Waals surface area contributed by atoms with E-state index in [1.165, 1.54) is 0 Å². The molecule has 2 N–H and O–H groups in total. The normalized spacial score (nSPS) is 11.7. The Hall–Kier alpha value is -2.64. The molecule has 1 heterocycles. The molecule has 0 bridgehead atoms. The lowest BCUT2D eigenvalue weighted by Crippen LogP contribution is -2.23. The van der Waals surface area contributed by atoms with Crippen molar-refractivity contribution in [3.63, 3.8) is 0 Å². The van der Waals surface area contributed by atoms with Crippen molar-refractivity contribution < 1.29 is 9.59 Å². The highest BCUT2D eigenvalue weighted by Crippen LogP contribution is 2.27. The van der Waals surface area contributed by atoms with Gasteiger partial charge in [-0.1, -0.05) is 38.1 Å². The number of rotatable bonds is 9. The van der Waals surface area contributed by atoms with Gasteiger partial charge < -0.3 is 10.6 Å². The van der Waals surface area contributed by atoms with Gasteiger partial charge in [-0.05, 0) is 43.2 Å². The number of benzene rings is 2. The number of hydrogen-bond acceptors (Lipinski definition) is 5. The number of thioether (sulfide) groups is 1. The van der Waals surface area contributed by atoms with Crippen molar-refractivity contribution in [2.75, 3.05) is 5.32 Å². The fourth-order valence-corrected chi connectivity index (χ4v) is 4.55. The third-order valence-corrected chi connectivity index (χ3v) is 6.81. The predicted molar refractivity (Wildman–Crippen MR) is 129 cm³/mol. The Morgan fingerprint density at radius 2 is 1.97 bits per heavy atom. The lowest BCUT2D eigenvalue weighted by Gasteiger charge is -2.12. The highest BCUT2D eigenvalue weighted by Gasteiger charge is 2.13. The summed E-state index contributed by atoms with van der Waals surface area (Å²) in [6.07, 6.45) is 0.793. The molecule has 1 aromatic heterocycles. The number of thiazole rings is 1. The molecule has 0 spiro atoms. The first kappa shape index (κ1) is 23.0. The van der Waals surface area contributed by atoms with E-state index in [9.17, 15) is 9.59 Å². The summed E-state index contributed by atoms with van der Waals surface area (Å²) in [5.74, 6) is 0.578. The molecule has 0 aliphatic heterocycles. The van der Waals surface area contributed by atoms with Gasteiger partial charge in [0.25, 0.3) is 5.91 Å². The standard InChI is InChI=1S/C24H27N3O2S2/c1-4-16(2)23(28)27-19-9-7-8-18(12-19)13-25-24(29)21-10-5-6-11-22(21)31-15-20-14-30-17(3)26-20/h5-12,14,16H,4,13,15H2,1-3H3,(H,25,29)(H,27,28). The molecule has 0 saturated carbocycles. The Morgan fingerprint density at radius 3 is 2.71 bits per heavy atom. The van der Waals surface area contributed by atoms with Crippen molar-refractivity contribution in [3.8, 4) is 0 Å². The third kappa shape index (κ3) is 6.67. The van der Waals surface area contributed by atoms with Gasteiger partial charge in [0.05, 0.1) is 16.3 Å². The second-order valence-electron chi connectivity index (χ2n) is 7.32. The molecule has 2 amide bonds.